The van der Waals surface area contributed by atoms with Crippen molar-refractivity contribution in [2.24, 2.45) is 0 Å². The van der Waals surface area contributed by atoms with Crippen molar-refractivity contribution < 1.29 is 13.9 Å². The minimum Gasteiger partial charge on any atom is -0.468 e. The van der Waals surface area contributed by atoms with Crippen LogP contribution in [-0.2, 0) is 16.1 Å². The molecule has 1 aromatic carbocycles. The maximum absolute atomic E-state index is 11.9. The number of benzene rings is 1. The SMILES string of the molecule is COC(=O)[C@H]1CCCCN1Cc1ncc(-c2ccccc2)o1. The van der Waals surface area contributed by atoms with Crippen LogP contribution < -0.4 is 0 Å². The first-order valence-electron chi connectivity index (χ1n) is 7.60. The van der Waals surface area contributed by atoms with Gasteiger partial charge in [0, 0.05) is 5.56 Å². The van der Waals surface area contributed by atoms with Crippen molar-refractivity contribution in [3.05, 3.63) is 42.4 Å². The summed E-state index contributed by atoms with van der Waals surface area (Å²) in [5, 5.41) is 0. The van der Waals surface area contributed by atoms with E-state index in [1.807, 2.05) is 30.3 Å². The molecule has 5 nitrogen and oxygen atoms in total. The van der Waals surface area contributed by atoms with Gasteiger partial charge in [0.25, 0.3) is 0 Å². The van der Waals surface area contributed by atoms with Gasteiger partial charge in [-0.3, -0.25) is 9.69 Å². The summed E-state index contributed by atoms with van der Waals surface area (Å²) in [7, 11) is 1.44. The van der Waals surface area contributed by atoms with Crippen LogP contribution in [0.2, 0.25) is 0 Å². The quantitative estimate of drug-likeness (QED) is 0.813. The van der Waals surface area contributed by atoms with Crippen LogP contribution in [0.3, 0.4) is 0 Å². The number of rotatable bonds is 4. The molecule has 1 aliphatic heterocycles. The third kappa shape index (κ3) is 3.20. The van der Waals surface area contributed by atoms with Crippen LogP contribution in [0, 0.1) is 0 Å². The smallest absolute Gasteiger partial charge is 0.323 e. The van der Waals surface area contributed by atoms with Gasteiger partial charge in [0.1, 0.15) is 6.04 Å². The Bertz CT molecular complexity index is 624. The van der Waals surface area contributed by atoms with Crippen molar-refractivity contribution in [3.63, 3.8) is 0 Å². The first-order chi connectivity index (χ1) is 10.8. The van der Waals surface area contributed by atoms with Gasteiger partial charge in [0.2, 0.25) is 5.89 Å². The molecule has 0 radical (unpaired) electrons. The Morgan fingerprint density at radius 1 is 1.36 bits per heavy atom. The number of likely N-dealkylation sites (tertiary alicyclic amines) is 1. The predicted molar refractivity (Wildman–Crippen MR) is 82.0 cm³/mol. The van der Waals surface area contributed by atoms with Crippen LogP contribution in [0.4, 0.5) is 0 Å². The molecule has 5 heteroatoms. The fraction of sp³-hybridized carbons (Fsp3) is 0.412. The summed E-state index contributed by atoms with van der Waals surface area (Å²) in [6.07, 6.45) is 4.71. The molecule has 1 saturated heterocycles. The number of esters is 1. The van der Waals surface area contributed by atoms with Crippen molar-refractivity contribution in [1.82, 2.24) is 9.88 Å². The van der Waals surface area contributed by atoms with Gasteiger partial charge in [-0.15, -0.1) is 0 Å². The molecule has 1 fully saturated rings. The molecule has 0 aliphatic carbocycles. The largest absolute Gasteiger partial charge is 0.468 e. The van der Waals surface area contributed by atoms with Crippen molar-refractivity contribution in [3.8, 4) is 11.3 Å². The van der Waals surface area contributed by atoms with Gasteiger partial charge in [-0.2, -0.15) is 0 Å². The molecule has 0 saturated carbocycles. The molecule has 2 heterocycles. The summed E-state index contributed by atoms with van der Waals surface area (Å²) >= 11 is 0. The molecule has 0 amide bonds. The topological polar surface area (TPSA) is 55.6 Å². The lowest BCUT2D eigenvalue weighted by Gasteiger charge is -2.32. The molecule has 0 unspecified atom stereocenters. The van der Waals surface area contributed by atoms with E-state index >= 15 is 0 Å². The molecule has 0 spiro atoms. The molecule has 1 aliphatic rings. The van der Waals surface area contributed by atoms with Crippen molar-refractivity contribution in [2.75, 3.05) is 13.7 Å². The Morgan fingerprint density at radius 2 is 2.18 bits per heavy atom. The lowest BCUT2D eigenvalue weighted by Crippen LogP contribution is -2.44. The third-order valence-corrected chi connectivity index (χ3v) is 4.04. The van der Waals surface area contributed by atoms with Crippen LogP contribution in [0.25, 0.3) is 11.3 Å². The second kappa shape index (κ2) is 6.75. The molecule has 2 aromatic rings. The molecule has 22 heavy (non-hydrogen) atoms. The summed E-state index contributed by atoms with van der Waals surface area (Å²) in [5.74, 6) is 1.21. The minimum absolute atomic E-state index is 0.172. The zero-order valence-electron chi connectivity index (χ0n) is 12.7. The summed E-state index contributed by atoms with van der Waals surface area (Å²) in [6, 6.07) is 9.69. The third-order valence-electron chi connectivity index (χ3n) is 4.04. The zero-order chi connectivity index (χ0) is 15.4. The number of piperidine rings is 1. The monoisotopic (exact) mass is 300 g/mol. The average Bonchev–Trinajstić information content (AvgIpc) is 3.04. The Kier molecular flexibility index (Phi) is 4.53. The Hall–Kier alpha value is -2.14. The summed E-state index contributed by atoms with van der Waals surface area (Å²) < 4.78 is 10.7. The van der Waals surface area contributed by atoms with E-state index in [9.17, 15) is 4.79 Å². The fourth-order valence-electron chi connectivity index (χ4n) is 2.88. The van der Waals surface area contributed by atoms with Crippen molar-refractivity contribution in [1.29, 1.82) is 0 Å². The van der Waals surface area contributed by atoms with Gasteiger partial charge in [-0.25, -0.2) is 4.98 Å². The van der Waals surface area contributed by atoms with E-state index in [0.717, 1.165) is 37.1 Å². The Labute approximate surface area is 129 Å². The predicted octanol–water partition coefficient (Wildman–Crippen LogP) is 2.87. The number of hydrogen-bond donors (Lipinski definition) is 0. The van der Waals surface area contributed by atoms with E-state index in [2.05, 4.69) is 9.88 Å². The highest BCUT2D eigenvalue weighted by Crippen LogP contribution is 2.23. The summed E-state index contributed by atoms with van der Waals surface area (Å²) in [6.45, 7) is 1.40. The first kappa shape index (κ1) is 14.8. The molecule has 116 valence electrons. The van der Waals surface area contributed by atoms with Crippen LogP contribution in [0.1, 0.15) is 25.2 Å². The highest BCUT2D eigenvalue weighted by molar-refractivity contribution is 5.75. The number of nitrogens with zero attached hydrogens (tertiary/aromatic N) is 2. The number of hydrogen-bond acceptors (Lipinski definition) is 5. The highest BCUT2D eigenvalue weighted by atomic mass is 16.5. The highest BCUT2D eigenvalue weighted by Gasteiger charge is 2.30. The maximum atomic E-state index is 11.9. The lowest BCUT2D eigenvalue weighted by atomic mass is 10.0. The van der Waals surface area contributed by atoms with E-state index < -0.39 is 0 Å². The number of carbonyl (C=O) groups excluding carboxylic acids is 1. The lowest BCUT2D eigenvalue weighted by molar-refractivity contribution is -0.148. The second-order valence-corrected chi connectivity index (χ2v) is 5.49. The van der Waals surface area contributed by atoms with Crippen LogP contribution in [0.5, 0.6) is 0 Å². The summed E-state index contributed by atoms with van der Waals surface area (Å²) in [5.41, 5.74) is 1.00. The van der Waals surface area contributed by atoms with Gasteiger partial charge in [0.05, 0.1) is 19.9 Å². The molecule has 0 N–H and O–H groups in total. The standard InChI is InChI=1S/C17H20N2O3/c1-21-17(20)14-9-5-6-10-19(14)12-16-18-11-15(22-16)13-7-3-2-4-8-13/h2-4,7-8,11,14H,5-6,9-10,12H2,1H3/t14-/m1/s1. The van der Waals surface area contributed by atoms with Gasteiger partial charge in [-0.1, -0.05) is 36.8 Å². The number of carbonyl (C=O) groups is 1. The van der Waals surface area contributed by atoms with Crippen LogP contribution in [-0.4, -0.2) is 35.5 Å². The van der Waals surface area contributed by atoms with E-state index in [1.165, 1.54) is 7.11 Å². The first-order valence-corrected chi connectivity index (χ1v) is 7.60. The van der Waals surface area contributed by atoms with Crippen LogP contribution >= 0.6 is 0 Å². The van der Waals surface area contributed by atoms with Crippen molar-refractivity contribution in [2.45, 2.75) is 31.8 Å². The average molecular weight is 300 g/mol. The van der Waals surface area contributed by atoms with Crippen LogP contribution in [0.15, 0.2) is 40.9 Å². The van der Waals surface area contributed by atoms with Crippen molar-refractivity contribution >= 4 is 5.97 Å². The van der Waals surface area contributed by atoms with E-state index in [4.69, 9.17) is 9.15 Å². The van der Waals surface area contributed by atoms with Gasteiger partial charge in [-0.05, 0) is 19.4 Å². The molecular weight excluding hydrogens is 280 g/mol. The number of ether oxygens (including phenoxy) is 1. The molecule has 3 rings (SSSR count). The Balaban J connectivity index is 1.72. The number of methoxy groups -OCH3 is 1. The normalized spacial score (nSPS) is 19.0. The maximum Gasteiger partial charge on any atom is 0.323 e. The van der Waals surface area contributed by atoms with E-state index in [1.54, 1.807) is 6.20 Å². The molecule has 1 aromatic heterocycles. The molecular formula is C17H20N2O3. The number of oxazole rings is 1. The molecule has 1 atom stereocenters. The summed E-state index contributed by atoms with van der Waals surface area (Å²) in [4.78, 5) is 18.3. The minimum atomic E-state index is -0.189. The number of aromatic nitrogens is 1. The van der Waals surface area contributed by atoms with Gasteiger partial charge < -0.3 is 9.15 Å². The second-order valence-electron chi connectivity index (χ2n) is 5.49. The van der Waals surface area contributed by atoms with Gasteiger partial charge >= 0.3 is 5.97 Å². The zero-order valence-corrected chi connectivity index (χ0v) is 12.7. The van der Waals surface area contributed by atoms with Gasteiger partial charge in [0.15, 0.2) is 5.76 Å². The van der Waals surface area contributed by atoms with E-state index in [-0.39, 0.29) is 12.0 Å². The fourth-order valence-corrected chi connectivity index (χ4v) is 2.88. The molecule has 0 bridgehead atoms. The van der Waals surface area contributed by atoms with E-state index in [0.29, 0.717) is 12.4 Å². The Morgan fingerprint density at radius 3 is 2.95 bits per heavy atom.